The van der Waals surface area contributed by atoms with E-state index in [-0.39, 0.29) is 40.5 Å². The summed E-state index contributed by atoms with van der Waals surface area (Å²) in [6.07, 6.45) is 5.17. The summed E-state index contributed by atoms with van der Waals surface area (Å²) in [4.78, 5) is 8.57. The molecule has 0 saturated heterocycles. The number of fused-ring (bicyclic) bond motifs is 2. The maximum absolute atomic E-state index is 15.7. The van der Waals surface area contributed by atoms with Crippen molar-refractivity contribution < 1.29 is 26.7 Å². The topological polar surface area (TPSA) is 116 Å². The van der Waals surface area contributed by atoms with Crippen LogP contribution in [0, 0.1) is 17.5 Å². The summed E-state index contributed by atoms with van der Waals surface area (Å²) >= 11 is 0. The van der Waals surface area contributed by atoms with E-state index in [1.807, 2.05) is 7.05 Å². The molecule has 1 fully saturated rings. The first-order valence-corrected chi connectivity index (χ1v) is 15.3. The number of halogens is 3. The van der Waals surface area contributed by atoms with Crippen molar-refractivity contribution in [1.29, 1.82) is 0 Å². The number of anilines is 2. The molecule has 1 unspecified atom stereocenters. The molecule has 12 heteroatoms. The zero-order valence-electron chi connectivity index (χ0n) is 22.8. The van der Waals surface area contributed by atoms with Crippen LogP contribution in [0.4, 0.5) is 24.8 Å². The number of hydrogen-bond acceptors (Lipinski definition) is 7. The molecule has 220 valence electrons. The average Bonchev–Trinajstić information content (AvgIpc) is 3.34. The fraction of sp³-hybridized carbons (Fsp3) is 0.333. The van der Waals surface area contributed by atoms with Gasteiger partial charge in [0.25, 0.3) is 10.0 Å². The molecule has 3 aromatic carbocycles. The lowest BCUT2D eigenvalue weighted by atomic mass is 9.91. The van der Waals surface area contributed by atoms with Crippen LogP contribution in [-0.4, -0.2) is 42.6 Å². The zero-order valence-corrected chi connectivity index (χ0v) is 23.6. The summed E-state index contributed by atoms with van der Waals surface area (Å²) < 4.78 is 73.6. The fourth-order valence-corrected chi connectivity index (χ4v) is 7.31. The highest BCUT2D eigenvalue weighted by Gasteiger charge is 2.30. The Morgan fingerprint density at radius 2 is 1.71 bits per heavy atom. The van der Waals surface area contributed by atoms with Crippen LogP contribution in [0.5, 0.6) is 0 Å². The van der Waals surface area contributed by atoms with Gasteiger partial charge in [0, 0.05) is 23.7 Å². The molecule has 0 radical (unpaired) electrons. The lowest BCUT2D eigenvalue weighted by Crippen LogP contribution is -2.35. The number of nitrogens with one attached hydrogen (secondary N) is 3. The normalized spacial score (nSPS) is 20.5. The Morgan fingerprint density at radius 1 is 0.952 bits per heavy atom. The predicted octanol–water partition coefficient (Wildman–Crippen LogP) is 5.44. The Bertz CT molecular complexity index is 1780. The number of benzene rings is 3. The molecule has 1 aromatic heterocycles. The minimum Gasteiger partial charge on any atom is -0.388 e. The molecule has 2 aliphatic rings. The lowest BCUT2D eigenvalue weighted by Gasteiger charge is -2.28. The van der Waals surface area contributed by atoms with Crippen LogP contribution < -0.4 is 15.4 Å². The second-order valence-electron chi connectivity index (χ2n) is 10.9. The Kier molecular flexibility index (Phi) is 7.54. The molecule has 2 aliphatic carbocycles. The molecular weight excluding hydrogens is 567 g/mol. The largest absolute Gasteiger partial charge is 0.388 e. The van der Waals surface area contributed by atoms with Crippen LogP contribution in [0.15, 0.2) is 53.6 Å². The second-order valence-corrected chi connectivity index (χ2v) is 12.5. The number of rotatable bonds is 7. The molecular formula is C30H30F3N5O3S. The fourth-order valence-electron chi connectivity index (χ4n) is 5.94. The lowest BCUT2D eigenvalue weighted by molar-refractivity contribution is 0.179. The number of hydrogen-bond donors (Lipinski definition) is 4. The molecule has 0 aliphatic heterocycles. The summed E-state index contributed by atoms with van der Waals surface area (Å²) in [6, 6.07) is 9.34. The van der Waals surface area contributed by atoms with E-state index in [1.165, 1.54) is 12.1 Å². The van der Waals surface area contributed by atoms with Gasteiger partial charge in [-0.05, 0) is 98.7 Å². The van der Waals surface area contributed by atoms with E-state index in [9.17, 15) is 22.3 Å². The van der Waals surface area contributed by atoms with Gasteiger partial charge >= 0.3 is 0 Å². The van der Waals surface area contributed by atoms with Crippen molar-refractivity contribution in [3.63, 3.8) is 0 Å². The van der Waals surface area contributed by atoms with Gasteiger partial charge in [0.2, 0.25) is 5.95 Å². The highest BCUT2D eigenvalue weighted by atomic mass is 32.2. The average molecular weight is 598 g/mol. The minimum absolute atomic E-state index is 0.169. The monoisotopic (exact) mass is 597 g/mol. The smallest absolute Gasteiger partial charge is 0.262 e. The van der Waals surface area contributed by atoms with Crippen LogP contribution in [0.2, 0.25) is 0 Å². The van der Waals surface area contributed by atoms with Crippen LogP contribution in [0.1, 0.15) is 49.3 Å². The van der Waals surface area contributed by atoms with Gasteiger partial charge in [-0.2, -0.15) is 0 Å². The van der Waals surface area contributed by atoms with E-state index in [1.54, 1.807) is 12.3 Å². The van der Waals surface area contributed by atoms with E-state index >= 15 is 4.39 Å². The predicted molar refractivity (Wildman–Crippen MR) is 154 cm³/mol. The SMILES string of the molecule is CNC1CCC(Nc2ncc3cc(-c4c(F)ccc(NS(=O)(=O)c5cc(F)cc6c5CCC6O)c4F)ccc3n2)CC1. The Hall–Kier alpha value is -3.74. The molecule has 1 atom stereocenters. The van der Waals surface area contributed by atoms with Crippen molar-refractivity contribution in [2.45, 2.75) is 61.6 Å². The zero-order chi connectivity index (χ0) is 29.6. The molecule has 0 amide bonds. The molecule has 0 spiro atoms. The first-order valence-electron chi connectivity index (χ1n) is 13.8. The van der Waals surface area contributed by atoms with Crippen molar-refractivity contribution in [2.24, 2.45) is 0 Å². The van der Waals surface area contributed by atoms with Crippen molar-refractivity contribution in [3.8, 4) is 11.1 Å². The molecule has 4 N–H and O–H groups in total. The third-order valence-corrected chi connectivity index (χ3v) is 9.63. The van der Waals surface area contributed by atoms with Gasteiger partial charge in [-0.15, -0.1) is 0 Å². The van der Waals surface area contributed by atoms with Crippen LogP contribution in [0.3, 0.4) is 0 Å². The van der Waals surface area contributed by atoms with Crippen molar-refractivity contribution in [3.05, 3.63) is 77.2 Å². The number of aliphatic hydroxyl groups is 1. The second kappa shape index (κ2) is 11.2. The summed E-state index contributed by atoms with van der Waals surface area (Å²) in [5.41, 5.74) is 0.289. The highest BCUT2D eigenvalue weighted by molar-refractivity contribution is 7.92. The van der Waals surface area contributed by atoms with Gasteiger partial charge in [-0.3, -0.25) is 4.72 Å². The number of nitrogens with zero attached hydrogens (tertiary/aromatic N) is 2. The molecule has 4 aromatic rings. The highest BCUT2D eigenvalue weighted by Crippen LogP contribution is 2.38. The molecule has 1 heterocycles. The number of sulfonamides is 1. The summed E-state index contributed by atoms with van der Waals surface area (Å²) in [5, 5.41) is 17.3. The summed E-state index contributed by atoms with van der Waals surface area (Å²) in [7, 11) is -2.50. The van der Waals surface area contributed by atoms with Crippen LogP contribution in [0.25, 0.3) is 22.0 Å². The Morgan fingerprint density at radius 3 is 2.48 bits per heavy atom. The number of aliphatic hydroxyl groups excluding tert-OH is 1. The molecule has 42 heavy (non-hydrogen) atoms. The number of aromatic nitrogens is 2. The maximum atomic E-state index is 15.7. The minimum atomic E-state index is -4.47. The van der Waals surface area contributed by atoms with Crippen molar-refractivity contribution in [1.82, 2.24) is 15.3 Å². The van der Waals surface area contributed by atoms with Gasteiger partial charge in [0.05, 0.1) is 27.8 Å². The summed E-state index contributed by atoms with van der Waals surface area (Å²) in [6.45, 7) is 0. The Labute approximate surface area is 241 Å². The quantitative estimate of drug-likeness (QED) is 0.224. The summed E-state index contributed by atoms with van der Waals surface area (Å²) in [5.74, 6) is -2.37. The third kappa shape index (κ3) is 5.41. The maximum Gasteiger partial charge on any atom is 0.262 e. The van der Waals surface area contributed by atoms with Crippen LogP contribution in [-0.2, 0) is 16.4 Å². The van der Waals surface area contributed by atoms with Gasteiger partial charge in [0.15, 0.2) is 5.82 Å². The van der Waals surface area contributed by atoms with Gasteiger partial charge < -0.3 is 15.7 Å². The first-order chi connectivity index (χ1) is 20.1. The molecule has 8 nitrogen and oxygen atoms in total. The molecule has 1 saturated carbocycles. The first kappa shape index (κ1) is 28.4. The van der Waals surface area contributed by atoms with Gasteiger partial charge in [0.1, 0.15) is 11.6 Å². The van der Waals surface area contributed by atoms with E-state index in [2.05, 4.69) is 25.3 Å². The standard InChI is InChI=1S/C30H30F3N5O3S/c1-34-19-3-5-20(6-4-19)36-30-35-15-17-12-16(2-9-24(17)37-30)28-23(32)8-10-25(29(28)33)38-42(40,41)27-14-18(31)13-22-21(27)7-11-26(22)39/h2,8-10,12-15,19-20,26,34,38-39H,3-7,11H2,1H3,(H,35,36,37). The van der Waals surface area contributed by atoms with Crippen molar-refractivity contribution in [2.75, 3.05) is 17.1 Å². The van der Waals surface area contributed by atoms with Crippen molar-refractivity contribution >= 4 is 32.6 Å². The van der Waals surface area contributed by atoms with E-state index < -0.39 is 44.8 Å². The molecule has 0 bridgehead atoms. The third-order valence-electron chi connectivity index (χ3n) is 8.20. The van der Waals surface area contributed by atoms with Gasteiger partial charge in [-0.25, -0.2) is 31.6 Å². The Balaban J connectivity index is 1.27. The molecule has 6 rings (SSSR count). The van der Waals surface area contributed by atoms with E-state index in [4.69, 9.17) is 0 Å². The van der Waals surface area contributed by atoms with E-state index in [0.29, 0.717) is 22.9 Å². The van der Waals surface area contributed by atoms with E-state index in [0.717, 1.165) is 49.9 Å². The van der Waals surface area contributed by atoms with Gasteiger partial charge in [-0.1, -0.05) is 6.07 Å². The van der Waals surface area contributed by atoms with Crippen LogP contribution >= 0.6 is 0 Å².